The highest BCUT2D eigenvalue weighted by Crippen LogP contribution is 2.42. The largest absolute Gasteiger partial charge is 0.381 e. The Morgan fingerprint density at radius 1 is 1.05 bits per heavy atom. The average molecular weight is 280 g/mol. The molecule has 1 N–H and O–H groups in total. The first kappa shape index (κ1) is 14.8. The van der Waals surface area contributed by atoms with E-state index in [1.807, 2.05) is 0 Å². The lowest BCUT2D eigenvalue weighted by Gasteiger charge is -2.51. The summed E-state index contributed by atoms with van der Waals surface area (Å²) in [5, 5.41) is 3.73. The maximum absolute atomic E-state index is 5.80. The fourth-order valence-electron chi connectivity index (χ4n) is 5.12. The second kappa shape index (κ2) is 6.76. The molecule has 2 atom stereocenters. The molecule has 0 spiro atoms. The van der Waals surface area contributed by atoms with Gasteiger partial charge in [-0.1, -0.05) is 19.3 Å². The summed E-state index contributed by atoms with van der Waals surface area (Å²) >= 11 is 0. The van der Waals surface area contributed by atoms with Gasteiger partial charge in [-0.25, -0.2) is 0 Å². The van der Waals surface area contributed by atoms with Gasteiger partial charge in [0, 0.05) is 18.2 Å². The van der Waals surface area contributed by atoms with Crippen molar-refractivity contribution in [1.82, 2.24) is 10.2 Å². The Bertz CT molecular complexity index is 289. The van der Waals surface area contributed by atoms with E-state index < -0.39 is 0 Å². The average Bonchev–Trinajstić information content (AvgIpc) is 3.01. The molecule has 3 rings (SSSR count). The monoisotopic (exact) mass is 280 g/mol. The molecule has 20 heavy (non-hydrogen) atoms. The maximum atomic E-state index is 5.80. The van der Waals surface area contributed by atoms with Gasteiger partial charge in [-0.05, 0) is 64.6 Å². The molecule has 1 saturated carbocycles. The van der Waals surface area contributed by atoms with Gasteiger partial charge < -0.3 is 10.1 Å². The Labute approximate surface area is 124 Å². The third-order valence-corrected chi connectivity index (χ3v) is 6.01. The van der Waals surface area contributed by atoms with Crippen LogP contribution in [0.4, 0.5) is 0 Å². The third-order valence-electron chi connectivity index (χ3n) is 6.01. The van der Waals surface area contributed by atoms with E-state index in [9.17, 15) is 0 Å². The Kier molecular flexibility index (Phi) is 5.00. The lowest BCUT2D eigenvalue weighted by molar-refractivity contribution is -0.0244. The summed E-state index contributed by atoms with van der Waals surface area (Å²) in [5.74, 6) is 0.716. The molecule has 0 amide bonds. The van der Waals surface area contributed by atoms with E-state index in [-0.39, 0.29) is 0 Å². The first-order valence-corrected chi connectivity index (χ1v) is 8.87. The molecule has 3 aliphatic rings. The number of likely N-dealkylation sites (tertiary alicyclic amines) is 1. The molecule has 3 fully saturated rings. The normalized spacial score (nSPS) is 33.1. The van der Waals surface area contributed by atoms with Crippen LogP contribution < -0.4 is 5.32 Å². The van der Waals surface area contributed by atoms with Crippen molar-refractivity contribution >= 4 is 0 Å². The number of hydrogen-bond donors (Lipinski definition) is 1. The molecular weight excluding hydrogens is 248 g/mol. The van der Waals surface area contributed by atoms with Crippen LogP contribution in [0.15, 0.2) is 0 Å². The summed E-state index contributed by atoms with van der Waals surface area (Å²) in [6.07, 6.45) is 12.5. The SMILES string of the molecule is CNC(C1CCCOC1)C1(N2CCCCC2)CCCC1. The fourth-order valence-corrected chi connectivity index (χ4v) is 5.12. The van der Waals surface area contributed by atoms with Crippen molar-refractivity contribution in [2.75, 3.05) is 33.4 Å². The molecule has 2 saturated heterocycles. The zero-order chi connectivity index (χ0) is 13.8. The predicted octanol–water partition coefficient (Wildman–Crippen LogP) is 2.80. The molecule has 0 aromatic rings. The van der Waals surface area contributed by atoms with E-state index in [0.29, 0.717) is 17.5 Å². The van der Waals surface area contributed by atoms with Crippen molar-refractivity contribution in [3.63, 3.8) is 0 Å². The van der Waals surface area contributed by atoms with Gasteiger partial charge in [-0.3, -0.25) is 4.90 Å². The van der Waals surface area contributed by atoms with Gasteiger partial charge in [0.2, 0.25) is 0 Å². The standard InChI is InChI=1S/C17H32N2O/c1-18-16(15-8-7-13-20-14-15)17(9-3-4-10-17)19-11-5-2-6-12-19/h15-16,18H,2-14H2,1H3. The number of rotatable bonds is 4. The van der Waals surface area contributed by atoms with E-state index in [2.05, 4.69) is 17.3 Å². The summed E-state index contributed by atoms with van der Waals surface area (Å²) in [6, 6.07) is 0.628. The van der Waals surface area contributed by atoms with Crippen LogP contribution in [0.25, 0.3) is 0 Å². The number of ether oxygens (including phenoxy) is 1. The van der Waals surface area contributed by atoms with Crippen molar-refractivity contribution in [2.24, 2.45) is 5.92 Å². The number of hydrogen-bond acceptors (Lipinski definition) is 3. The minimum atomic E-state index is 0.431. The molecule has 1 aliphatic carbocycles. The quantitative estimate of drug-likeness (QED) is 0.857. The van der Waals surface area contributed by atoms with Crippen LogP contribution in [0.3, 0.4) is 0 Å². The summed E-state index contributed by atoms with van der Waals surface area (Å²) in [6.45, 7) is 4.60. The van der Waals surface area contributed by atoms with Crippen molar-refractivity contribution in [1.29, 1.82) is 0 Å². The highest BCUT2D eigenvalue weighted by atomic mass is 16.5. The Hall–Kier alpha value is -0.120. The van der Waals surface area contributed by atoms with Crippen molar-refractivity contribution in [3.05, 3.63) is 0 Å². The van der Waals surface area contributed by atoms with Crippen molar-refractivity contribution < 1.29 is 4.74 Å². The van der Waals surface area contributed by atoms with Crippen LogP contribution in [-0.4, -0.2) is 49.8 Å². The second-order valence-electron chi connectivity index (χ2n) is 7.10. The summed E-state index contributed by atoms with van der Waals surface area (Å²) in [7, 11) is 2.18. The fraction of sp³-hybridized carbons (Fsp3) is 1.00. The molecule has 2 aliphatic heterocycles. The molecule has 3 heteroatoms. The minimum absolute atomic E-state index is 0.431. The van der Waals surface area contributed by atoms with Crippen LogP contribution in [0.5, 0.6) is 0 Å². The summed E-state index contributed by atoms with van der Waals surface area (Å²) < 4.78 is 5.80. The van der Waals surface area contributed by atoms with Gasteiger partial charge in [0.05, 0.1) is 6.61 Å². The Morgan fingerprint density at radius 2 is 1.80 bits per heavy atom. The first-order valence-electron chi connectivity index (χ1n) is 8.87. The van der Waals surface area contributed by atoms with Crippen molar-refractivity contribution in [3.8, 4) is 0 Å². The van der Waals surface area contributed by atoms with E-state index in [1.54, 1.807) is 0 Å². The van der Waals surface area contributed by atoms with E-state index in [1.165, 1.54) is 70.9 Å². The summed E-state index contributed by atoms with van der Waals surface area (Å²) in [4.78, 5) is 2.86. The lowest BCUT2D eigenvalue weighted by Crippen LogP contribution is -2.63. The van der Waals surface area contributed by atoms with Gasteiger partial charge in [-0.15, -0.1) is 0 Å². The molecule has 0 radical (unpaired) electrons. The first-order chi connectivity index (χ1) is 9.87. The topological polar surface area (TPSA) is 24.5 Å². The zero-order valence-corrected chi connectivity index (χ0v) is 13.2. The summed E-state index contributed by atoms with van der Waals surface area (Å²) in [5.41, 5.74) is 0.431. The van der Waals surface area contributed by atoms with Crippen LogP contribution >= 0.6 is 0 Å². The zero-order valence-electron chi connectivity index (χ0n) is 13.2. The molecule has 0 aromatic carbocycles. The lowest BCUT2D eigenvalue weighted by atomic mass is 9.76. The van der Waals surface area contributed by atoms with Gasteiger partial charge in [-0.2, -0.15) is 0 Å². The van der Waals surface area contributed by atoms with Gasteiger partial charge in [0.1, 0.15) is 0 Å². The molecule has 116 valence electrons. The van der Waals surface area contributed by atoms with E-state index >= 15 is 0 Å². The van der Waals surface area contributed by atoms with Gasteiger partial charge in [0.25, 0.3) is 0 Å². The van der Waals surface area contributed by atoms with Crippen LogP contribution in [-0.2, 0) is 4.74 Å². The minimum Gasteiger partial charge on any atom is -0.381 e. The van der Waals surface area contributed by atoms with Crippen LogP contribution in [0.1, 0.15) is 57.8 Å². The number of likely N-dealkylation sites (N-methyl/N-ethyl adjacent to an activating group) is 1. The van der Waals surface area contributed by atoms with Gasteiger partial charge in [0.15, 0.2) is 0 Å². The second-order valence-corrected chi connectivity index (χ2v) is 7.10. The highest BCUT2D eigenvalue weighted by Gasteiger charge is 2.48. The Balaban J connectivity index is 1.79. The van der Waals surface area contributed by atoms with Crippen molar-refractivity contribution in [2.45, 2.75) is 69.4 Å². The number of piperidine rings is 1. The molecule has 3 nitrogen and oxygen atoms in total. The third kappa shape index (κ3) is 2.77. The molecule has 0 aromatic heterocycles. The number of nitrogens with zero attached hydrogens (tertiary/aromatic N) is 1. The molecule has 2 heterocycles. The molecule has 2 unspecified atom stereocenters. The Morgan fingerprint density at radius 3 is 2.40 bits per heavy atom. The van der Waals surface area contributed by atoms with Gasteiger partial charge >= 0.3 is 0 Å². The van der Waals surface area contributed by atoms with Crippen LogP contribution in [0.2, 0.25) is 0 Å². The predicted molar refractivity (Wildman–Crippen MR) is 83.0 cm³/mol. The number of nitrogens with one attached hydrogen (secondary N) is 1. The van der Waals surface area contributed by atoms with Crippen LogP contribution in [0, 0.1) is 5.92 Å². The molecular formula is C17H32N2O. The smallest absolute Gasteiger partial charge is 0.0509 e. The maximum Gasteiger partial charge on any atom is 0.0509 e. The molecule has 0 bridgehead atoms. The van der Waals surface area contributed by atoms with E-state index in [4.69, 9.17) is 4.74 Å². The highest BCUT2D eigenvalue weighted by molar-refractivity contribution is 5.06. The van der Waals surface area contributed by atoms with E-state index in [0.717, 1.165) is 13.2 Å².